The summed E-state index contributed by atoms with van der Waals surface area (Å²) in [7, 11) is 0. The van der Waals surface area contributed by atoms with E-state index in [1.54, 1.807) is 0 Å². The fourth-order valence-electron chi connectivity index (χ4n) is 9.93. The minimum absolute atomic E-state index is 0.0985. The minimum atomic E-state index is -0.181. The molecule has 0 fully saturated rings. The van der Waals surface area contributed by atoms with Crippen LogP contribution in [0.3, 0.4) is 0 Å². The first-order chi connectivity index (χ1) is 26.8. The molecular weight excluding hydrogens is 663 g/mol. The third kappa shape index (κ3) is 4.60. The van der Waals surface area contributed by atoms with Crippen molar-refractivity contribution in [2.75, 3.05) is 4.90 Å². The van der Waals surface area contributed by atoms with E-state index in [2.05, 4.69) is 209 Å². The van der Waals surface area contributed by atoms with Gasteiger partial charge in [-0.3, -0.25) is 0 Å². The van der Waals surface area contributed by atoms with Gasteiger partial charge in [-0.05, 0) is 130 Å². The van der Waals surface area contributed by atoms with Gasteiger partial charge in [0.15, 0.2) is 0 Å². The fourth-order valence-corrected chi connectivity index (χ4v) is 9.93. The van der Waals surface area contributed by atoms with Crippen molar-refractivity contribution in [2.45, 2.75) is 38.5 Å². The largest absolute Gasteiger partial charge is 0.310 e. The van der Waals surface area contributed by atoms with E-state index in [9.17, 15) is 0 Å². The maximum Gasteiger partial charge on any atom is 0.0506 e. The zero-order chi connectivity index (χ0) is 37.1. The van der Waals surface area contributed by atoms with E-state index >= 15 is 0 Å². The first-order valence-electron chi connectivity index (χ1n) is 19.5. The van der Waals surface area contributed by atoms with E-state index < -0.39 is 0 Å². The number of benzene rings is 9. The maximum absolute atomic E-state index is 2.55. The molecule has 0 unspecified atom stereocenters. The van der Waals surface area contributed by atoms with Gasteiger partial charge in [0.1, 0.15) is 0 Å². The van der Waals surface area contributed by atoms with Gasteiger partial charge in [0.25, 0.3) is 0 Å². The Kier molecular flexibility index (Phi) is 6.72. The van der Waals surface area contributed by atoms with Crippen molar-refractivity contribution in [3.63, 3.8) is 0 Å². The van der Waals surface area contributed by atoms with Crippen LogP contribution in [0.1, 0.15) is 49.9 Å². The summed E-state index contributed by atoms with van der Waals surface area (Å²) >= 11 is 0. The molecule has 0 aromatic heterocycles. The van der Waals surface area contributed by atoms with Gasteiger partial charge in [-0.15, -0.1) is 0 Å². The molecule has 262 valence electrons. The van der Waals surface area contributed by atoms with Crippen LogP contribution >= 0.6 is 0 Å². The Labute approximate surface area is 323 Å². The molecule has 55 heavy (non-hydrogen) atoms. The van der Waals surface area contributed by atoms with Gasteiger partial charge in [-0.2, -0.15) is 0 Å². The van der Waals surface area contributed by atoms with Crippen LogP contribution in [0.2, 0.25) is 0 Å². The SMILES string of the molecule is CC1(C)c2ccccc2-c2cc3c(cc21)N(c1ccc2c4ccc(-c5ccccc5)cc4c4ccc(-c5ccccc5)cc4c2c1)c1ccccc1C3(C)C. The standard InChI is InChI=1S/C54H41N/c1-53(2)47-20-12-11-19-42(47)46-32-50-52(33-49(46)53)55(51-22-14-13-21-48(51)54(50,3)4)38-25-28-40-39-26-23-36(34-15-7-5-8-16-34)29-43(39)41-27-24-37(30-44(41)45(40)31-38)35-17-9-6-10-18-35/h5-33H,1-4H3. The van der Waals surface area contributed by atoms with Crippen LogP contribution in [0.4, 0.5) is 17.1 Å². The Balaban J connectivity index is 1.20. The Bertz CT molecular complexity index is 3020. The van der Waals surface area contributed by atoms with E-state index in [0.29, 0.717) is 0 Å². The second-order valence-corrected chi connectivity index (χ2v) is 16.5. The average molecular weight is 704 g/mol. The normalized spacial score (nSPS) is 14.8. The molecule has 0 spiro atoms. The van der Waals surface area contributed by atoms with E-state index in [4.69, 9.17) is 0 Å². The molecule has 2 aliphatic rings. The minimum Gasteiger partial charge on any atom is -0.310 e. The van der Waals surface area contributed by atoms with Crippen LogP contribution in [0, 0.1) is 0 Å². The summed E-state index contributed by atoms with van der Waals surface area (Å²) in [5.41, 5.74) is 16.6. The lowest BCUT2D eigenvalue weighted by Crippen LogP contribution is -2.31. The highest BCUT2D eigenvalue weighted by Gasteiger charge is 2.42. The van der Waals surface area contributed by atoms with E-state index in [0.717, 1.165) is 0 Å². The van der Waals surface area contributed by atoms with Gasteiger partial charge in [0.2, 0.25) is 0 Å². The number of hydrogen-bond donors (Lipinski definition) is 0. The number of nitrogens with zero attached hydrogens (tertiary/aromatic N) is 1. The summed E-state index contributed by atoms with van der Waals surface area (Å²) in [4.78, 5) is 2.55. The topological polar surface area (TPSA) is 3.24 Å². The summed E-state index contributed by atoms with van der Waals surface area (Å²) < 4.78 is 0. The number of rotatable bonds is 3. The summed E-state index contributed by atoms with van der Waals surface area (Å²) in [6.45, 7) is 9.57. The molecule has 11 rings (SSSR count). The highest BCUT2D eigenvalue weighted by Crippen LogP contribution is 2.57. The summed E-state index contributed by atoms with van der Waals surface area (Å²) in [6, 6.07) is 65.8. The fraction of sp³-hybridized carbons (Fsp3) is 0.111. The summed E-state index contributed by atoms with van der Waals surface area (Å²) in [5, 5.41) is 7.64. The number of fused-ring (bicyclic) bond motifs is 11. The zero-order valence-electron chi connectivity index (χ0n) is 31.7. The quantitative estimate of drug-likeness (QED) is 0.166. The van der Waals surface area contributed by atoms with Crippen LogP contribution < -0.4 is 4.90 Å². The highest BCUT2D eigenvalue weighted by atomic mass is 15.2. The van der Waals surface area contributed by atoms with Gasteiger partial charge in [-0.25, -0.2) is 0 Å². The van der Waals surface area contributed by atoms with Crippen molar-refractivity contribution in [3.05, 3.63) is 198 Å². The predicted molar refractivity (Wildman–Crippen MR) is 234 cm³/mol. The number of anilines is 3. The van der Waals surface area contributed by atoms with Gasteiger partial charge >= 0.3 is 0 Å². The van der Waals surface area contributed by atoms with Crippen LogP contribution in [0.15, 0.2) is 176 Å². The van der Waals surface area contributed by atoms with E-state index in [1.807, 2.05) is 0 Å². The van der Waals surface area contributed by atoms with Crippen molar-refractivity contribution in [3.8, 4) is 33.4 Å². The smallest absolute Gasteiger partial charge is 0.0506 e. The Morgan fingerprint density at radius 3 is 1.49 bits per heavy atom. The molecule has 0 saturated carbocycles. The molecule has 1 aliphatic heterocycles. The first-order valence-corrected chi connectivity index (χ1v) is 19.5. The molecule has 1 heteroatoms. The Hall–Kier alpha value is -6.44. The van der Waals surface area contributed by atoms with Crippen molar-refractivity contribution in [2.24, 2.45) is 0 Å². The summed E-state index contributed by atoms with van der Waals surface area (Å²) in [6.07, 6.45) is 0. The second-order valence-electron chi connectivity index (χ2n) is 16.5. The van der Waals surface area contributed by atoms with Crippen LogP contribution in [-0.4, -0.2) is 0 Å². The highest BCUT2D eigenvalue weighted by molar-refractivity contribution is 6.27. The Morgan fingerprint density at radius 1 is 0.309 bits per heavy atom. The lowest BCUT2D eigenvalue weighted by molar-refractivity contribution is 0.627. The third-order valence-electron chi connectivity index (χ3n) is 12.8. The van der Waals surface area contributed by atoms with Gasteiger partial charge in [-0.1, -0.05) is 161 Å². The van der Waals surface area contributed by atoms with Crippen molar-refractivity contribution in [1.82, 2.24) is 0 Å². The Morgan fingerprint density at radius 2 is 0.818 bits per heavy atom. The molecule has 0 amide bonds. The predicted octanol–water partition coefficient (Wildman–Crippen LogP) is 14.9. The third-order valence-corrected chi connectivity index (χ3v) is 12.8. The molecule has 0 bridgehead atoms. The first kappa shape index (κ1) is 32.0. The maximum atomic E-state index is 2.55. The molecule has 9 aromatic carbocycles. The van der Waals surface area contributed by atoms with Crippen LogP contribution in [0.25, 0.3) is 65.7 Å². The molecular formula is C54H41N. The van der Waals surface area contributed by atoms with Crippen molar-refractivity contribution >= 4 is 49.4 Å². The molecule has 0 atom stereocenters. The number of hydrogen-bond acceptors (Lipinski definition) is 1. The van der Waals surface area contributed by atoms with Crippen molar-refractivity contribution in [1.29, 1.82) is 0 Å². The van der Waals surface area contributed by atoms with Gasteiger partial charge in [0.05, 0.1) is 11.4 Å². The van der Waals surface area contributed by atoms with Crippen LogP contribution in [0.5, 0.6) is 0 Å². The monoisotopic (exact) mass is 703 g/mol. The molecule has 0 N–H and O–H groups in total. The lowest BCUT2D eigenvalue weighted by Gasteiger charge is -2.43. The molecule has 0 saturated heterocycles. The van der Waals surface area contributed by atoms with E-state index in [-0.39, 0.29) is 10.8 Å². The van der Waals surface area contributed by atoms with E-state index in [1.165, 1.54) is 105 Å². The zero-order valence-corrected chi connectivity index (χ0v) is 31.7. The lowest BCUT2D eigenvalue weighted by atomic mass is 9.71. The van der Waals surface area contributed by atoms with Gasteiger partial charge in [0, 0.05) is 16.5 Å². The van der Waals surface area contributed by atoms with Gasteiger partial charge < -0.3 is 4.90 Å². The van der Waals surface area contributed by atoms with Crippen molar-refractivity contribution < 1.29 is 0 Å². The van der Waals surface area contributed by atoms with Crippen LogP contribution in [-0.2, 0) is 10.8 Å². The summed E-state index contributed by atoms with van der Waals surface area (Å²) in [5.74, 6) is 0. The average Bonchev–Trinajstić information content (AvgIpc) is 3.46. The number of para-hydroxylation sites is 1. The molecule has 9 aromatic rings. The second kappa shape index (κ2) is 11.5. The molecule has 1 nitrogen and oxygen atoms in total. The molecule has 0 radical (unpaired) electrons. The molecule has 1 heterocycles. The molecule has 1 aliphatic carbocycles.